The molecule has 5 rings (SSSR count). The Kier molecular flexibility index (Phi) is 5.03. The molecule has 4 aromatic rings. The van der Waals surface area contributed by atoms with E-state index in [4.69, 9.17) is 4.74 Å². The monoisotopic (exact) mass is 397 g/mol. The Morgan fingerprint density at radius 2 is 1.77 bits per heavy atom. The molecule has 0 unspecified atom stereocenters. The molecular formula is C25H23N3O2. The molecule has 0 atom stereocenters. The molecule has 5 nitrogen and oxygen atoms in total. The molecule has 1 amide bonds. The molecule has 1 saturated heterocycles. The van der Waals surface area contributed by atoms with Crippen molar-refractivity contribution in [1.82, 2.24) is 4.98 Å². The first-order valence-electron chi connectivity index (χ1n) is 10.3. The number of carbonyl (C=O) groups is 1. The van der Waals surface area contributed by atoms with Crippen LogP contribution in [-0.4, -0.2) is 37.2 Å². The van der Waals surface area contributed by atoms with Gasteiger partial charge < -0.3 is 15.0 Å². The highest BCUT2D eigenvalue weighted by atomic mass is 16.5. The second-order valence-electron chi connectivity index (χ2n) is 7.52. The lowest BCUT2D eigenvalue weighted by atomic mass is 10.0. The third kappa shape index (κ3) is 3.60. The number of nitrogens with zero attached hydrogens (tertiary/aromatic N) is 2. The highest BCUT2D eigenvalue weighted by molar-refractivity contribution is 6.07. The number of hydrogen-bond donors (Lipinski definition) is 1. The highest BCUT2D eigenvalue weighted by Crippen LogP contribution is 2.32. The number of nitrogens with one attached hydrogen (secondary N) is 1. The predicted molar refractivity (Wildman–Crippen MR) is 121 cm³/mol. The number of pyridine rings is 1. The van der Waals surface area contributed by atoms with E-state index in [9.17, 15) is 4.79 Å². The lowest BCUT2D eigenvalue weighted by molar-refractivity contribution is -0.115. The summed E-state index contributed by atoms with van der Waals surface area (Å²) in [7, 11) is 0. The van der Waals surface area contributed by atoms with Crippen LogP contribution in [0.15, 0.2) is 73.1 Å². The van der Waals surface area contributed by atoms with Gasteiger partial charge in [-0.25, -0.2) is 0 Å². The van der Waals surface area contributed by atoms with Crippen molar-refractivity contribution in [1.29, 1.82) is 0 Å². The highest BCUT2D eigenvalue weighted by Gasteiger charge is 2.16. The van der Waals surface area contributed by atoms with Crippen LogP contribution < -0.4 is 10.2 Å². The summed E-state index contributed by atoms with van der Waals surface area (Å²) >= 11 is 0. The lowest BCUT2D eigenvalue weighted by Crippen LogP contribution is -2.36. The number of anilines is 2. The Morgan fingerprint density at radius 1 is 0.933 bits per heavy atom. The molecule has 2 heterocycles. The normalized spacial score (nSPS) is 14.2. The zero-order valence-electron chi connectivity index (χ0n) is 16.7. The predicted octanol–water partition coefficient (Wildman–Crippen LogP) is 4.41. The first kappa shape index (κ1) is 18.6. The maximum absolute atomic E-state index is 12.9. The molecule has 1 aromatic heterocycles. The van der Waals surface area contributed by atoms with Crippen molar-refractivity contribution in [3.05, 3.63) is 78.6 Å². The summed E-state index contributed by atoms with van der Waals surface area (Å²) in [5.41, 5.74) is 2.97. The van der Waals surface area contributed by atoms with Gasteiger partial charge in [-0.05, 0) is 34.5 Å². The van der Waals surface area contributed by atoms with Gasteiger partial charge in [0.05, 0.1) is 25.3 Å². The largest absolute Gasteiger partial charge is 0.378 e. The summed E-state index contributed by atoms with van der Waals surface area (Å²) < 4.78 is 5.49. The molecule has 1 aliphatic heterocycles. The van der Waals surface area contributed by atoms with Crippen LogP contribution >= 0.6 is 0 Å². The molecule has 150 valence electrons. The summed E-state index contributed by atoms with van der Waals surface area (Å²) in [6, 6.07) is 20.3. The molecule has 1 N–H and O–H groups in total. The van der Waals surface area contributed by atoms with E-state index in [-0.39, 0.29) is 5.91 Å². The molecule has 0 saturated carbocycles. The van der Waals surface area contributed by atoms with Crippen molar-refractivity contribution in [3.63, 3.8) is 0 Å². The number of carbonyl (C=O) groups excluding carboxylic acids is 1. The van der Waals surface area contributed by atoms with Crippen LogP contribution in [0.5, 0.6) is 0 Å². The summed E-state index contributed by atoms with van der Waals surface area (Å²) in [5, 5.41) is 7.41. The topological polar surface area (TPSA) is 54.5 Å². The number of ether oxygens (including phenoxy) is 1. The lowest BCUT2D eigenvalue weighted by Gasteiger charge is -2.30. The van der Waals surface area contributed by atoms with Gasteiger partial charge in [-0.15, -0.1) is 0 Å². The number of benzene rings is 3. The second-order valence-corrected chi connectivity index (χ2v) is 7.52. The second kappa shape index (κ2) is 8.13. The van der Waals surface area contributed by atoms with Gasteiger partial charge in [0.15, 0.2) is 0 Å². The van der Waals surface area contributed by atoms with Crippen LogP contribution in [0.1, 0.15) is 5.56 Å². The van der Waals surface area contributed by atoms with Crippen LogP contribution in [0.2, 0.25) is 0 Å². The van der Waals surface area contributed by atoms with Crippen molar-refractivity contribution >= 4 is 38.8 Å². The fraction of sp³-hybridized carbons (Fsp3) is 0.200. The minimum Gasteiger partial charge on any atom is -0.378 e. The molecule has 0 spiro atoms. The van der Waals surface area contributed by atoms with Gasteiger partial charge in [-0.2, -0.15) is 0 Å². The van der Waals surface area contributed by atoms with Crippen LogP contribution in [0.25, 0.3) is 21.5 Å². The Morgan fingerprint density at radius 3 is 2.67 bits per heavy atom. The number of morpholine rings is 1. The Labute approximate surface area is 175 Å². The quantitative estimate of drug-likeness (QED) is 0.554. The summed E-state index contributed by atoms with van der Waals surface area (Å²) in [6.45, 7) is 3.20. The van der Waals surface area contributed by atoms with E-state index in [1.165, 1.54) is 0 Å². The summed E-state index contributed by atoms with van der Waals surface area (Å²) in [5.74, 6) is -0.0318. The van der Waals surface area contributed by atoms with E-state index in [2.05, 4.69) is 39.5 Å². The van der Waals surface area contributed by atoms with Gasteiger partial charge in [0.1, 0.15) is 0 Å². The van der Waals surface area contributed by atoms with E-state index < -0.39 is 0 Å². The fourth-order valence-electron chi connectivity index (χ4n) is 4.18. The van der Waals surface area contributed by atoms with Crippen molar-refractivity contribution < 1.29 is 9.53 Å². The van der Waals surface area contributed by atoms with Gasteiger partial charge in [0, 0.05) is 41.9 Å². The number of fused-ring (bicyclic) bond motifs is 2. The Balaban J connectivity index is 1.43. The Bertz CT molecular complexity index is 1210. The molecule has 1 aliphatic rings. The molecule has 1 fully saturated rings. The fourth-order valence-corrected chi connectivity index (χ4v) is 4.18. The third-order valence-electron chi connectivity index (χ3n) is 5.65. The molecule has 0 aliphatic carbocycles. The van der Waals surface area contributed by atoms with Crippen molar-refractivity contribution in [2.24, 2.45) is 0 Å². The van der Waals surface area contributed by atoms with Gasteiger partial charge >= 0.3 is 0 Å². The van der Waals surface area contributed by atoms with Gasteiger partial charge in [0.2, 0.25) is 5.91 Å². The van der Waals surface area contributed by atoms with Gasteiger partial charge in [0.25, 0.3) is 0 Å². The molecule has 5 heteroatoms. The van der Waals surface area contributed by atoms with Gasteiger partial charge in [-0.3, -0.25) is 9.78 Å². The minimum atomic E-state index is -0.0318. The van der Waals surface area contributed by atoms with E-state index in [1.807, 2.05) is 42.6 Å². The smallest absolute Gasteiger partial charge is 0.228 e. The average Bonchev–Trinajstić information content (AvgIpc) is 2.80. The molecule has 0 radical (unpaired) electrons. The van der Waals surface area contributed by atoms with E-state index in [0.717, 1.165) is 64.8 Å². The van der Waals surface area contributed by atoms with Crippen LogP contribution in [0.3, 0.4) is 0 Å². The Hall–Kier alpha value is -3.44. The first-order chi connectivity index (χ1) is 14.8. The number of aromatic nitrogens is 1. The van der Waals surface area contributed by atoms with E-state index in [0.29, 0.717) is 6.42 Å². The summed E-state index contributed by atoms with van der Waals surface area (Å²) in [4.78, 5) is 19.5. The molecule has 30 heavy (non-hydrogen) atoms. The zero-order chi connectivity index (χ0) is 20.3. The third-order valence-corrected chi connectivity index (χ3v) is 5.65. The van der Waals surface area contributed by atoms with Crippen LogP contribution in [0, 0.1) is 0 Å². The van der Waals surface area contributed by atoms with Crippen LogP contribution in [0.4, 0.5) is 11.4 Å². The SMILES string of the molecule is O=C(Cc1cccc2ccccc12)Nc1ccc(N2CCOCC2)c2ccncc12. The maximum atomic E-state index is 12.9. The van der Waals surface area contributed by atoms with Crippen molar-refractivity contribution in [2.75, 3.05) is 36.5 Å². The van der Waals surface area contributed by atoms with Crippen molar-refractivity contribution in [3.8, 4) is 0 Å². The van der Waals surface area contributed by atoms with E-state index in [1.54, 1.807) is 6.20 Å². The summed E-state index contributed by atoms with van der Waals surface area (Å²) in [6.07, 6.45) is 3.95. The zero-order valence-corrected chi connectivity index (χ0v) is 16.7. The molecular weight excluding hydrogens is 374 g/mol. The van der Waals surface area contributed by atoms with E-state index >= 15 is 0 Å². The number of hydrogen-bond acceptors (Lipinski definition) is 4. The maximum Gasteiger partial charge on any atom is 0.228 e. The first-order valence-corrected chi connectivity index (χ1v) is 10.3. The van der Waals surface area contributed by atoms with Crippen LogP contribution in [-0.2, 0) is 16.0 Å². The minimum absolute atomic E-state index is 0.0318. The average molecular weight is 397 g/mol. The standard InChI is InChI=1S/C25H23N3O2/c29-25(16-19-6-3-5-18-4-1-2-7-20(18)19)27-23-8-9-24(28-12-14-30-15-13-28)21-10-11-26-17-22(21)23/h1-11,17H,12-16H2,(H,27,29). The number of rotatable bonds is 4. The van der Waals surface area contributed by atoms with Gasteiger partial charge in [-0.1, -0.05) is 42.5 Å². The van der Waals surface area contributed by atoms with Crippen molar-refractivity contribution in [2.45, 2.75) is 6.42 Å². The molecule has 3 aromatic carbocycles. The molecule has 0 bridgehead atoms. The number of amides is 1.